The van der Waals surface area contributed by atoms with Gasteiger partial charge in [-0.1, -0.05) is 0 Å². The molecule has 0 aromatic rings. The van der Waals surface area contributed by atoms with Crippen molar-refractivity contribution in [1.29, 1.82) is 0 Å². The molecule has 2 rings (SSSR count). The van der Waals surface area contributed by atoms with Gasteiger partial charge in [0.1, 0.15) is 11.6 Å². The first-order valence-electron chi connectivity index (χ1n) is 8.75. The van der Waals surface area contributed by atoms with Crippen LogP contribution in [0.4, 0.5) is 4.79 Å². The van der Waals surface area contributed by atoms with Crippen LogP contribution in [-0.4, -0.2) is 78.1 Å². The van der Waals surface area contributed by atoms with Crippen molar-refractivity contribution in [1.82, 2.24) is 14.7 Å². The van der Waals surface area contributed by atoms with Crippen LogP contribution in [0, 0.1) is 0 Å². The molecule has 2 fully saturated rings. The Bertz CT molecular complexity index is 427. The van der Waals surface area contributed by atoms with Crippen LogP contribution in [0.15, 0.2) is 0 Å². The van der Waals surface area contributed by atoms with Crippen molar-refractivity contribution in [3.8, 4) is 0 Å². The number of hydrogen-bond donors (Lipinski definition) is 0. The summed E-state index contributed by atoms with van der Waals surface area (Å²) in [4.78, 5) is 30.7. The van der Waals surface area contributed by atoms with E-state index in [0.29, 0.717) is 6.54 Å². The number of nitrogens with zero attached hydrogens (tertiary/aromatic N) is 3. The highest BCUT2D eigenvalue weighted by Crippen LogP contribution is 2.22. The van der Waals surface area contributed by atoms with Gasteiger partial charge in [-0.15, -0.1) is 0 Å². The van der Waals surface area contributed by atoms with Gasteiger partial charge in [0.15, 0.2) is 0 Å². The molecular weight excluding hydrogens is 294 g/mol. The Kier molecular flexibility index (Phi) is 5.89. The minimum Gasteiger partial charge on any atom is -0.444 e. The van der Waals surface area contributed by atoms with E-state index in [1.165, 1.54) is 12.8 Å². The van der Waals surface area contributed by atoms with Gasteiger partial charge in [-0.05, 0) is 59.5 Å². The molecular formula is C17H31N3O3. The van der Waals surface area contributed by atoms with Crippen molar-refractivity contribution >= 4 is 12.0 Å². The Morgan fingerprint density at radius 3 is 2.39 bits per heavy atom. The first-order valence-corrected chi connectivity index (χ1v) is 8.75. The SMILES string of the molecule is CN(CCN1CCCC1)C(=O)C1CCCN1C(=O)OC(C)(C)C. The molecule has 2 aliphatic heterocycles. The molecule has 0 radical (unpaired) electrons. The number of ether oxygens (including phenoxy) is 1. The first kappa shape index (κ1) is 18.0. The van der Waals surface area contributed by atoms with E-state index < -0.39 is 5.60 Å². The summed E-state index contributed by atoms with van der Waals surface area (Å²) in [6.07, 6.45) is 3.72. The molecule has 0 aromatic carbocycles. The first-order chi connectivity index (χ1) is 10.8. The summed E-state index contributed by atoms with van der Waals surface area (Å²) in [6, 6.07) is -0.367. The van der Waals surface area contributed by atoms with Crippen molar-refractivity contribution in [2.45, 2.75) is 58.1 Å². The minimum atomic E-state index is -0.533. The Balaban J connectivity index is 1.87. The van der Waals surface area contributed by atoms with Crippen LogP contribution in [-0.2, 0) is 9.53 Å². The Morgan fingerprint density at radius 1 is 1.13 bits per heavy atom. The molecule has 2 aliphatic rings. The second-order valence-corrected chi connectivity index (χ2v) is 7.64. The van der Waals surface area contributed by atoms with Crippen LogP contribution >= 0.6 is 0 Å². The van der Waals surface area contributed by atoms with Crippen LogP contribution in [0.3, 0.4) is 0 Å². The molecule has 132 valence electrons. The van der Waals surface area contributed by atoms with Crippen molar-refractivity contribution in [3.63, 3.8) is 0 Å². The summed E-state index contributed by atoms with van der Waals surface area (Å²) in [6.45, 7) is 10.1. The molecule has 1 atom stereocenters. The Labute approximate surface area is 139 Å². The lowest BCUT2D eigenvalue weighted by Gasteiger charge is -2.30. The Hall–Kier alpha value is -1.30. The van der Waals surface area contributed by atoms with Gasteiger partial charge in [-0.3, -0.25) is 9.69 Å². The van der Waals surface area contributed by atoms with Gasteiger partial charge < -0.3 is 14.5 Å². The topological polar surface area (TPSA) is 53.1 Å². The Morgan fingerprint density at radius 2 is 1.78 bits per heavy atom. The summed E-state index contributed by atoms with van der Waals surface area (Å²) < 4.78 is 5.43. The van der Waals surface area contributed by atoms with E-state index in [1.54, 1.807) is 9.80 Å². The van der Waals surface area contributed by atoms with Gasteiger partial charge in [0.05, 0.1) is 0 Å². The molecule has 0 saturated carbocycles. The molecule has 2 saturated heterocycles. The number of likely N-dealkylation sites (N-methyl/N-ethyl adjacent to an activating group) is 1. The lowest BCUT2D eigenvalue weighted by molar-refractivity contribution is -0.134. The van der Waals surface area contributed by atoms with Gasteiger partial charge in [0, 0.05) is 26.7 Å². The number of likely N-dealkylation sites (tertiary alicyclic amines) is 2. The fourth-order valence-electron chi connectivity index (χ4n) is 3.22. The average Bonchev–Trinajstić information content (AvgIpc) is 3.12. The third-order valence-corrected chi connectivity index (χ3v) is 4.49. The maximum atomic E-state index is 12.7. The molecule has 0 spiro atoms. The van der Waals surface area contributed by atoms with Crippen LogP contribution in [0.5, 0.6) is 0 Å². The molecule has 1 unspecified atom stereocenters. The molecule has 23 heavy (non-hydrogen) atoms. The average molecular weight is 325 g/mol. The summed E-state index contributed by atoms with van der Waals surface area (Å²) in [5, 5.41) is 0. The maximum absolute atomic E-state index is 12.7. The van der Waals surface area contributed by atoms with E-state index >= 15 is 0 Å². The molecule has 0 aliphatic carbocycles. The van der Waals surface area contributed by atoms with Gasteiger partial charge in [0.2, 0.25) is 5.91 Å². The van der Waals surface area contributed by atoms with E-state index in [2.05, 4.69) is 4.90 Å². The van der Waals surface area contributed by atoms with E-state index in [4.69, 9.17) is 4.74 Å². The van der Waals surface area contributed by atoms with Gasteiger partial charge in [-0.25, -0.2) is 4.79 Å². The fourth-order valence-corrected chi connectivity index (χ4v) is 3.22. The van der Waals surface area contributed by atoms with E-state index in [-0.39, 0.29) is 18.0 Å². The third-order valence-electron chi connectivity index (χ3n) is 4.49. The van der Waals surface area contributed by atoms with Crippen LogP contribution in [0.2, 0.25) is 0 Å². The quantitative estimate of drug-likeness (QED) is 0.793. The number of amides is 2. The lowest BCUT2D eigenvalue weighted by Crippen LogP contribution is -2.49. The van der Waals surface area contributed by atoms with Crippen LogP contribution < -0.4 is 0 Å². The van der Waals surface area contributed by atoms with Crippen molar-refractivity contribution in [2.24, 2.45) is 0 Å². The minimum absolute atomic E-state index is 0.0348. The molecule has 6 heteroatoms. The number of carbonyl (C=O) groups excluding carboxylic acids is 2. The normalized spacial score (nSPS) is 22.4. The monoisotopic (exact) mass is 325 g/mol. The van der Waals surface area contributed by atoms with Crippen LogP contribution in [0.1, 0.15) is 46.5 Å². The highest BCUT2D eigenvalue weighted by molar-refractivity contribution is 5.86. The van der Waals surface area contributed by atoms with Crippen LogP contribution in [0.25, 0.3) is 0 Å². The second kappa shape index (κ2) is 7.51. The summed E-state index contributed by atoms with van der Waals surface area (Å²) in [5.74, 6) is 0.0348. The molecule has 0 N–H and O–H groups in total. The van der Waals surface area contributed by atoms with Crippen molar-refractivity contribution in [2.75, 3.05) is 39.8 Å². The predicted molar refractivity (Wildman–Crippen MR) is 89.3 cm³/mol. The van der Waals surface area contributed by atoms with Gasteiger partial charge in [0.25, 0.3) is 0 Å². The predicted octanol–water partition coefficient (Wildman–Crippen LogP) is 1.94. The molecule has 2 heterocycles. The smallest absolute Gasteiger partial charge is 0.410 e. The molecule has 0 bridgehead atoms. The zero-order chi connectivity index (χ0) is 17.0. The zero-order valence-corrected chi connectivity index (χ0v) is 15.0. The molecule has 6 nitrogen and oxygen atoms in total. The third kappa shape index (κ3) is 5.09. The molecule has 0 aromatic heterocycles. The lowest BCUT2D eigenvalue weighted by atomic mass is 10.2. The number of rotatable bonds is 4. The van der Waals surface area contributed by atoms with Gasteiger partial charge in [-0.2, -0.15) is 0 Å². The fraction of sp³-hybridized carbons (Fsp3) is 0.882. The highest BCUT2D eigenvalue weighted by atomic mass is 16.6. The van der Waals surface area contributed by atoms with E-state index in [0.717, 1.165) is 39.0 Å². The number of hydrogen-bond acceptors (Lipinski definition) is 4. The van der Waals surface area contributed by atoms with Gasteiger partial charge >= 0.3 is 6.09 Å². The second-order valence-electron chi connectivity index (χ2n) is 7.64. The largest absolute Gasteiger partial charge is 0.444 e. The number of carbonyl (C=O) groups is 2. The summed E-state index contributed by atoms with van der Waals surface area (Å²) >= 11 is 0. The van der Waals surface area contributed by atoms with Crippen molar-refractivity contribution < 1.29 is 14.3 Å². The summed E-state index contributed by atoms with van der Waals surface area (Å²) in [7, 11) is 1.84. The van der Waals surface area contributed by atoms with Crippen molar-refractivity contribution in [3.05, 3.63) is 0 Å². The van der Waals surface area contributed by atoms with E-state index in [1.807, 2.05) is 27.8 Å². The standard InChI is InChI=1S/C17H31N3O3/c1-17(2,3)23-16(22)20-11-7-8-14(20)15(21)18(4)12-13-19-9-5-6-10-19/h14H,5-13H2,1-4H3. The molecule has 2 amide bonds. The maximum Gasteiger partial charge on any atom is 0.410 e. The van der Waals surface area contributed by atoms with E-state index in [9.17, 15) is 9.59 Å². The zero-order valence-electron chi connectivity index (χ0n) is 15.0. The highest BCUT2D eigenvalue weighted by Gasteiger charge is 2.37. The summed E-state index contributed by atoms with van der Waals surface area (Å²) in [5.41, 5.74) is -0.533.